The lowest BCUT2D eigenvalue weighted by atomic mass is 9.81. The largest absolute Gasteiger partial charge is 0.347 e. The average Bonchev–Trinajstić information content (AvgIpc) is 2.51. The summed E-state index contributed by atoms with van der Waals surface area (Å²) in [6, 6.07) is 8.29. The van der Waals surface area contributed by atoms with E-state index in [1.54, 1.807) is 0 Å². The predicted octanol–water partition coefficient (Wildman–Crippen LogP) is 1.36. The second kappa shape index (κ2) is 7.49. The smallest absolute Gasteiger partial charge is 0.240 e. The molecule has 2 amide bonds. The normalized spacial score (nSPS) is 16.4. The molecule has 4 heteroatoms. The number of fused-ring (bicyclic) bond motifs is 1. The van der Waals surface area contributed by atoms with E-state index in [4.69, 9.17) is 6.42 Å². The van der Waals surface area contributed by atoms with Crippen LogP contribution in [-0.2, 0) is 16.0 Å². The highest BCUT2D eigenvalue weighted by Gasteiger charge is 2.22. The second-order valence-electron chi connectivity index (χ2n) is 5.25. The van der Waals surface area contributed by atoms with Crippen LogP contribution in [-0.4, -0.2) is 24.9 Å². The van der Waals surface area contributed by atoms with Crippen molar-refractivity contribution in [3.05, 3.63) is 35.4 Å². The number of nitrogens with one attached hydrogen (secondary N) is 2. The Kier molecular flexibility index (Phi) is 5.39. The number of benzene rings is 1. The minimum atomic E-state index is -0.259. The van der Waals surface area contributed by atoms with Crippen molar-refractivity contribution in [2.45, 2.75) is 31.6 Å². The van der Waals surface area contributed by atoms with Crippen LogP contribution in [0.3, 0.4) is 0 Å². The fraction of sp³-hybridized carbons (Fsp3) is 0.412. The zero-order chi connectivity index (χ0) is 15.1. The molecule has 2 N–H and O–H groups in total. The second-order valence-corrected chi connectivity index (χ2v) is 5.25. The fourth-order valence-corrected chi connectivity index (χ4v) is 2.75. The summed E-state index contributed by atoms with van der Waals surface area (Å²) in [5.74, 6) is 2.22. The Labute approximate surface area is 125 Å². The molecule has 0 spiro atoms. The number of hydrogen-bond donors (Lipinski definition) is 2. The van der Waals surface area contributed by atoms with Crippen molar-refractivity contribution in [1.82, 2.24) is 10.6 Å². The highest BCUT2D eigenvalue weighted by molar-refractivity contribution is 5.85. The summed E-state index contributed by atoms with van der Waals surface area (Å²) in [4.78, 5) is 23.3. The number of amides is 2. The lowest BCUT2D eigenvalue weighted by molar-refractivity contribution is -0.126. The predicted molar refractivity (Wildman–Crippen MR) is 81.6 cm³/mol. The van der Waals surface area contributed by atoms with Gasteiger partial charge in [-0.2, -0.15) is 0 Å². The molecular formula is C17H20N2O2. The SMILES string of the molecule is C#CCNC(=O)CNC(=O)CC1CCCc2ccccc21. The lowest BCUT2D eigenvalue weighted by Gasteiger charge is -2.24. The number of terminal acetylenes is 1. The van der Waals surface area contributed by atoms with E-state index in [-0.39, 0.29) is 30.8 Å². The monoisotopic (exact) mass is 284 g/mol. The minimum Gasteiger partial charge on any atom is -0.347 e. The molecule has 4 nitrogen and oxygen atoms in total. The van der Waals surface area contributed by atoms with Gasteiger partial charge in [0.05, 0.1) is 13.1 Å². The molecule has 0 aromatic heterocycles. The van der Waals surface area contributed by atoms with Gasteiger partial charge in [-0.1, -0.05) is 30.2 Å². The van der Waals surface area contributed by atoms with Crippen LogP contribution in [0.4, 0.5) is 0 Å². The fourth-order valence-electron chi connectivity index (χ4n) is 2.75. The Hall–Kier alpha value is -2.28. The highest BCUT2D eigenvalue weighted by Crippen LogP contribution is 2.33. The first-order valence-corrected chi connectivity index (χ1v) is 7.25. The van der Waals surface area contributed by atoms with Crippen LogP contribution in [0.2, 0.25) is 0 Å². The zero-order valence-electron chi connectivity index (χ0n) is 12.0. The molecular weight excluding hydrogens is 264 g/mol. The molecule has 0 saturated heterocycles. The Balaban J connectivity index is 1.84. The van der Waals surface area contributed by atoms with Crippen molar-refractivity contribution >= 4 is 11.8 Å². The van der Waals surface area contributed by atoms with Crippen LogP contribution in [0, 0.1) is 12.3 Å². The third-order valence-corrected chi connectivity index (χ3v) is 3.76. The third-order valence-electron chi connectivity index (χ3n) is 3.76. The Morgan fingerprint density at radius 2 is 2.05 bits per heavy atom. The number of rotatable bonds is 5. The van der Waals surface area contributed by atoms with Crippen LogP contribution < -0.4 is 10.6 Å². The molecule has 0 aliphatic heterocycles. The van der Waals surface area contributed by atoms with Crippen LogP contribution in [0.25, 0.3) is 0 Å². The molecule has 1 atom stereocenters. The van der Waals surface area contributed by atoms with E-state index in [1.165, 1.54) is 11.1 Å². The molecule has 110 valence electrons. The molecule has 0 bridgehead atoms. The van der Waals surface area contributed by atoms with Crippen LogP contribution >= 0.6 is 0 Å². The highest BCUT2D eigenvalue weighted by atomic mass is 16.2. The molecule has 0 fully saturated rings. The molecule has 0 radical (unpaired) electrons. The van der Waals surface area contributed by atoms with Crippen molar-refractivity contribution in [2.24, 2.45) is 0 Å². The van der Waals surface area contributed by atoms with E-state index in [1.807, 2.05) is 12.1 Å². The van der Waals surface area contributed by atoms with Crippen LogP contribution in [0.15, 0.2) is 24.3 Å². The van der Waals surface area contributed by atoms with Gasteiger partial charge in [-0.3, -0.25) is 9.59 Å². The number of carbonyl (C=O) groups excluding carboxylic acids is 2. The summed E-state index contributed by atoms with van der Waals surface area (Å²) in [6.07, 6.45) is 8.70. The van der Waals surface area contributed by atoms with Crippen molar-refractivity contribution in [1.29, 1.82) is 0 Å². The molecule has 1 aliphatic rings. The number of aryl methyl sites for hydroxylation is 1. The van der Waals surface area contributed by atoms with Gasteiger partial charge >= 0.3 is 0 Å². The maximum absolute atomic E-state index is 12.0. The summed E-state index contributed by atoms with van der Waals surface area (Å²) in [5.41, 5.74) is 2.61. The van der Waals surface area contributed by atoms with Gasteiger partial charge in [-0.15, -0.1) is 6.42 Å². The summed E-state index contributed by atoms with van der Waals surface area (Å²) < 4.78 is 0. The lowest BCUT2D eigenvalue weighted by Crippen LogP contribution is -2.37. The van der Waals surface area contributed by atoms with Gasteiger partial charge in [0.25, 0.3) is 0 Å². The van der Waals surface area contributed by atoms with Crippen molar-refractivity contribution < 1.29 is 9.59 Å². The van der Waals surface area contributed by atoms with Crippen molar-refractivity contribution in [3.8, 4) is 12.3 Å². The van der Waals surface area contributed by atoms with E-state index >= 15 is 0 Å². The van der Waals surface area contributed by atoms with Gasteiger partial charge in [0.15, 0.2) is 0 Å². The number of hydrogen-bond acceptors (Lipinski definition) is 2. The van der Waals surface area contributed by atoms with E-state index in [9.17, 15) is 9.59 Å². The quantitative estimate of drug-likeness (QED) is 0.802. The minimum absolute atomic E-state index is 0.0190. The zero-order valence-corrected chi connectivity index (χ0v) is 12.0. The first kappa shape index (κ1) is 15.1. The van der Waals surface area contributed by atoms with Gasteiger partial charge in [-0.25, -0.2) is 0 Å². The van der Waals surface area contributed by atoms with Gasteiger partial charge in [0.1, 0.15) is 0 Å². The Morgan fingerprint density at radius 3 is 2.86 bits per heavy atom. The number of carbonyl (C=O) groups is 2. The van der Waals surface area contributed by atoms with E-state index < -0.39 is 0 Å². The molecule has 21 heavy (non-hydrogen) atoms. The van der Waals surface area contributed by atoms with E-state index in [0.29, 0.717) is 6.42 Å². The maximum Gasteiger partial charge on any atom is 0.240 e. The molecule has 1 aliphatic carbocycles. The molecule has 1 unspecified atom stereocenters. The Morgan fingerprint density at radius 1 is 1.24 bits per heavy atom. The maximum atomic E-state index is 12.0. The van der Waals surface area contributed by atoms with Gasteiger partial charge < -0.3 is 10.6 Å². The van der Waals surface area contributed by atoms with Crippen molar-refractivity contribution in [2.75, 3.05) is 13.1 Å². The summed E-state index contributed by atoms with van der Waals surface area (Å²) >= 11 is 0. The van der Waals surface area contributed by atoms with Gasteiger partial charge in [0, 0.05) is 6.42 Å². The first-order valence-electron chi connectivity index (χ1n) is 7.25. The third kappa shape index (κ3) is 4.35. The summed E-state index contributed by atoms with van der Waals surface area (Å²) in [7, 11) is 0. The molecule has 1 aromatic carbocycles. The summed E-state index contributed by atoms with van der Waals surface area (Å²) in [5, 5.41) is 5.17. The molecule has 1 aromatic rings. The van der Waals surface area contributed by atoms with Gasteiger partial charge in [0.2, 0.25) is 11.8 Å². The van der Waals surface area contributed by atoms with Crippen LogP contribution in [0.1, 0.15) is 36.3 Å². The molecule has 0 heterocycles. The molecule has 0 saturated carbocycles. The van der Waals surface area contributed by atoms with E-state index in [0.717, 1.165) is 19.3 Å². The van der Waals surface area contributed by atoms with Gasteiger partial charge in [-0.05, 0) is 36.3 Å². The molecule has 2 rings (SSSR count). The average molecular weight is 284 g/mol. The first-order chi connectivity index (χ1) is 10.2. The standard InChI is InChI=1S/C17H20N2O2/c1-2-10-18-17(21)12-19-16(20)11-14-8-5-7-13-6-3-4-9-15(13)14/h1,3-4,6,9,14H,5,7-8,10-12H2,(H,18,21)(H,19,20). The Bertz CT molecular complexity index is 560. The van der Waals surface area contributed by atoms with Crippen LogP contribution in [0.5, 0.6) is 0 Å². The van der Waals surface area contributed by atoms with Crippen molar-refractivity contribution in [3.63, 3.8) is 0 Å². The van der Waals surface area contributed by atoms with E-state index in [2.05, 4.69) is 28.7 Å². The summed E-state index contributed by atoms with van der Waals surface area (Å²) in [6.45, 7) is 0.166. The topological polar surface area (TPSA) is 58.2 Å².